The van der Waals surface area contributed by atoms with Gasteiger partial charge in [0.25, 0.3) is 0 Å². The zero-order valence-electron chi connectivity index (χ0n) is 9.46. The third-order valence-corrected chi connectivity index (χ3v) is 3.09. The van der Waals surface area contributed by atoms with E-state index in [1.54, 1.807) is 19.1 Å². The molecule has 0 aliphatic heterocycles. The van der Waals surface area contributed by atoms with Crippen LogP contribution in [0.1, 0.15) is 24.8 Å². The molecule has 1 aromatic carbocycles. The summed E-state index contributed by atoms with van der Waals surface area (Å²) in [6, 6.07) is 9.06. The van der Waals surface area contributed by atoms with E-state index in [4.69, 9.17) is 4.74 Å². The summed E-state index contributed by atoms with van der Waals surface area (Å²) in [7, 11) is 0. The molecule has 2 unspecified atom stereocenters. The Bertz CT molecular complexity index is 445. The number of ether oxygens (including phenoxy) is 1. The second-order valence-corrected chi connectivity index (χ2v) is 4.07. The number of hydrogen-bond donors (Lipinski definition) is 0. The van der Waals surface area contributed by atoms with E-state index in [2.05, 4.69) is 0 Å². The van der Waals surface area contributed by atoms with Crippen LogP contribution in [0.4, 0.5) is 0 Å². The van der Waals surface area contributed by atoms with Crippen molar-refractivity contribution in [1.82, 2.24) is 0 Å². The van der Waals surface area contributed by atoms with Gasteiger partial charge in [-0.1, -0.05) is 30.3 Å². The van der Waals surface area contributed by atoms with Gasteiger partial charge in [0, 0.05) is 11.3 Å². The molecule has 0 spiro atoms. The van der Waals surface area contributed by atoms with Gasteiger partial charge in [-0.15, -0.1) is 0 Å². The van der Waals surface area contributed by atoms with Gasteiger partial charge in [-0.25, -0.2) is 4.79 Å². The van der Waals surface area contributed by atoms with Crippen LogP contribution in [0.15, 0.2) is 30.3 Å². The summed E-state index contributed by atoms with van der Waals surface area (Å²) in [5.41, 5.74) is -0.741. The molecule has 5 heteroatoms. The molecule has 1 aliphatic carbocycles. The van der Waals surface area contributed by atoms with Crippen LogP contribution in [0.2, 0.25) is 0 Å². The van der Waals surface area contributed by atoms with E-state index in [1.807, 2.05) is 18.2 Å². The summed E-state index contributed by atoms with van der Waals surface area (Å²) in [5.74, 6) is -1.09. The highest BCUT2D eigenvalue weighted by molar-refractivity contribution is 5.85. The monoisotopic (exact) mass is 235 g/mol. The lowest BCUT2D eigenvalue weighted by molar-refractivity contribution is -0.527. The highest BCUT2D eigenvalue weighted by Gasteiger charge is 2.73. The van der Waals surface area contributed by atoms with Gasteiger partial charge in [0.2, 0.25) is 0 Å². The van der Waals surface area contributed by atoms with Crippen LogP contribution in [-0.4, -0.2) is 23.0 Å². The fourth-order valence-electron chi connectivity index (χ4n) is 2.09. The van der Waals surface area contributed by atoms with Gasteiger partial charge in [-0.05, 0) is 12.5 Å². The van der Waals surface area contributed by atoms with Crippen LogP contribution in [0.25, 0.3) is 0 Å². The standard InChI is InChI=1S/C12H13NO4/c1-2-17-11(14)12(13(15)16)8-10(12)9-6-4-3-5-7-9/h3-7,10H,2,8H2,1H3. The molecule has 5 nitrogen and oxygen atoms in total. The van der Waals surface area contributed by atoms with Crippen LogP contribution < -0.4 is 0 Å². The lowest BCUT2D eigenvalue weighted by atomic mass is 10.1. The Morgan fingerprint density at radius 3 is 2.71 bits per heavy atom. The molecular formula is C12H13NO4. The number of carbonyl (C=O) groups excluding carboxylic acids is 1. The van der Waals surface area contributed by atoms with Gasteiger partial charge in [-0.2, -0.15) is 0 Å². The van der Waals surface area contributed by atoms with E-state index >= 15 is 0 Å². The summed E-state index contributed by atoms with van der Waals surface area (Å²) in [5, 5.41) is 11.1. The third kappa shape index (κ3) is 1.77. The van der Waals surface area contributed by atoms with Crippen LogP contribution in [0.3, 0.4) is 0 Å². The number of carbonyl (C=O) groups is 1. The second kappa shape index (κ2) is 4.16. The number of benzene rings is 1. The Kier molecular flexibility index (Phi) is 2.83. The largest absolute Gasteiger partial charge is 0.461 e. The Hall–Kier alpha value is -1.91. The minimum atomic E-state index is -1.56. The molecule has 0 N–H and O–H groups in total. The normalized spacial score (nSPS) is 26.3. The average Bonchev–Trinajstić information content (AvgIpc) is 3.07. The zero-order chi connectivity index (χ0) is 12.5. The quantitative estimate of drug-likeness (QED) is 0.453. The lowest BCUT2D eigenvalue weighted by Gasteiger charge is -2.08. The maximum Gasteiger partial charge on any atom is 0.385 e. The first-order valence-corrected chi connectivity index (χ1v) is 5.49. The minimum Gasteiger partial charge on any atom is -0.461 e. The summed E-state index contributed by atoms with van der Waals surface area (Å²) >= 11 is 0. The van der Waals surface area contributed by atoms with Crippen molar-refractivity contribution in [2.45, 2.75) is 24.8 Å². The molecule has 1 aromatic rings. The van der Waals surface area contributed by atoms with Crippen LogP contribution in [0.5, 0.6) is 0 Å². The number of nitrogens with zero attached hydrogens (tertiary/aromatic N) is 1. The predicted octanol–water partition coefficient (Wildman–Crippen LogP) is 1.75. The Morgan fingerprint density at radius 1 is 1.53 bits per heavy atom. The Balaban J connectivity index is 2.25. The van der Waals surface area contributed by atoms with Gasteiger partial charge >= 0.3 is 11.5 Å². The van der Waals surface area contributed by atoms with E-state index in [9.17, 15) is 14.9 Å². The fraction of sp³-hybridized carbons (Fsp3) is 0.417. The van der Waals surface area contributed by atoms with Crippen molar-refractivity contribution in [3.8, 4) is 0 Å². The number of esters is 1. The maximum absolute atomic E-state index is 11.7. The van der Waals surface area contributed by atoms with Crippen molar-refractivity contribution in [3.05, 3.63) is 46.0 Å². The molecular weight excluding hydrogens is 222 g/mol. The molecule has 0 amide bonds. The first kappa shape index (κ1) is 11.6. The zero-order valence-corrected chi connectivity index (χ0v) is 9.46. The molecule has 1 saturated carbocycles. The number of rotatable bonds is 4. The van der Waals surface area contributed by atoms with Gasteiger partial charge in [-0.3, -0.25) is 10.1 Å². The second-order valence-electron chi connectivity index (χ2n) is 4.07. The molecule has 0 saturated heterocycles. The summed E-state index contributed by atoms with van der Waals surface area (Å²) in [6.45, 7) is 1.81. The van der Waals surface area contributed by atoms with Crippen molar-refractivity contribution in [2.24, 2.45) is 0 Å². The smallest absolute Gasteiger partial charge is 0.385 e. The molecule has 1 aliphatic rings. The molecule has 1 fully saturated rings. The molecule has 90 valence electrons. The van der Waals surface area contributed by atoms with Crippen LogP contribution in [0, 0.1) is 10.1 Å². The topological polar surface area (TPSA) is 69.4 Å². The minimum absolute atomic E-state index is 0.163. The highest BCUT2D eigenvalue weighted by atomic mass is 16.6. The molecule has 2 rings (SSSR count). The first-order valence-electron chi connectivity index (χ1n) is 5.49. The van der Waals surface area contributed by atoms with Crippen molar-refractivity contribution in [3.63, 3.8) is 0 Å². The van der Waals surface area contributed by atoms with Gasteiger partial charge in [0.15, 0.2) is 0 Å². The SMILES string of the molecule is CCOC(=O)C1([N+](=O)[O-])CC1c1ccccc1. The first-order chi connectivity index (χ1) is 8.13. The van der Waals surface area contributed by atoms with E-state index in [0.717, 1.165) is 5.56 Å². The predicted molar refractivity (Wildman–Crippen MR) is 60.2 cm³/mol. The summed E-state index contributed by atoms with van der Waals surface area (Å²) in [6.07, 6.45) is 0.225. The molecule has 2 atom stereocenters. The summed E-state index contributed by atoms with van der Waals surface area (Å²) in [4.78, 5) is 22.3. The fourth-order valence-corrected chi connectivity index (χ4v) is 2.09. The van der Waals surface area contributed by atoms with Crippen molar-refractivity contribution >= 4 is 5.97 Å². The van der Waals surface area contributed by atoms with Crippen LogP contribution >= 0.6 is 0 Å². The molecule has 0 aromatic heterocycles. The third-order valence-electron chi connectivity index (χ3n) is 3.09. The van der Waals surface area contributed by atoms with Gasteiger partial charge in [0.1, 0.15) is 0 Å². The molecule has 0 radical (unpaired) electrons. The number of hydrogen-bond acceptors (Lipinski definition) is 4. The van der Waals surface area contributed by atoms with E-state index < -0.39 is 16.4 Å². The number of nitro groups is 1. The van der Waals surface area contributed by atoms with E-state index in [-0.39, 0.29) is 18.9 Å². The van der Waals surface area contributed by atoms with E-state index in [1.165, 1.54) is 0 Å². The van der Waals surface area contributed by atoms with Crippen LogP contribution in [-0.2, 0) is 9.53 Å². The van der Waals surface area contributed by atoms with Crippen molar-refractivity contribution < 1.29 is 14.5 Å². The highest BCUT2D eigenvalue weighted by Crippen LogP contribution is 2.54. The lowest BCUT2D eigenvalue weighted by Crippen LogP contribution is -2.35. The van der Waals surface area contributed by atoms with Crippen molar-refractivity contribution in [2.75, 3.05) is 6.61 Å². The van der Waals surface area contributed by atoms with E-state index in [0.29, 0.717) is 0 Å². The molecule has 0 bridgehead atoms. The van der Waals surface area contributed by atoms with Crippen molar-refractivity contribution in [1.29, 1.82) is 0 Å². The Labute approximate surface area is 98.5 Å². The average molecular weight is 235 g/mol. The maximum atomic E-state index is 11.7. The molecule has 0 heterocycles. The van der Waals surface area contributed by atoms with Gasteiger partial charge < -0.3 is 4.74 Å². The molecule has 17 heavy (non-hydrogen) atoms. The Morgan fingerprint density at radius 2 is 2.18 bits per heavy atom. The van der Waals surface area contributed by atoms with Gasteiger partial charge in [0.05, 0.1) is 12.5 Å². The summed E-state index contributed by atoms with van der Waals surface area (Å²) < 4.78 is 4.80.